The fourth-order valence-corrected chi connectivity index (χ4v) is 4.06. The highest BCUT2D eigenvalue weighted by molar-refractivity contribution is 5.94. The van der Waals surface area contributed by atoms with Crippen LogP contribution in [0.15, 0.2) is 24.5 Å². The topological polar surface area (TPSA) is 101 Å². The molecule has 0 bridgehead atoms. The second-order valence-electron chi connectivity index (χ2n) is 8.63. The number of hydrogen-bond acceptors (Lipinski definition) is 6. The summed E-state index contributed by atoms with van der Waals surface area (Å²) in [6, 6.07) is 2.64. The van der Waals surface area contributed by atoms with Crippen molar-refractivity contribution in [3.8, 4) is 0 Å². The molecule has 0 aliphatic carbocycles. The van der Waals surface area contributed by atoms with Crippen LogP contribution < -0.4 is 15.5 Å². The van der Waals surface area contributed by atoms with Crippen molar-refractivity contribution in [2.45, 2.75) is 58.2 Å². The molecule has 0 radical (unpaired) electrons. The SMILES string of the molecule is CC(C)C[C@H](NC(=O)C1CCN(c2ccncc2)CC1)C(=O)N[C@@H]1C(=O)CO[C@@H]1C. The Balaban J connectivity index is 1.56. The first-order chi connectivity index (χ1) is 14.3. The first-order valence-electron chi connectivity index (χ1n) is 10.7. The zero-order chi connectivity index (χ0) is 21.7. The van der Waals surface area contributed by atoms with Crippen molar-refractivity contribution >= 4 is 23.3 Å². The molecule has 0 spiro atoms. The molecular weight excluding hydrogens is 384 g/mol. The lowest BCUT2D eigenvalue weighted by Gasteiger charge is -2.33. The van der Waals surface area contributed by atoms with Gasteiger partial charge in [0.1, 0.15) is 18.7 Å². The molecule has 2 aliphatic rings. The van der Waals surface area contributed by atoms with Crippen molar-refractivity contribution < 1.29 is 19.1 Å². The van der Waals surface area contributed by atoms with Crippen LogP contribution in [0.2, 0.25) is 0 Å². The van der Waals surface area contributed by atoms with E-state index in [9.17, 15) is 14.4 Å². The van der Waals surface area contributed by atoms with Gasteiger partial charge < -0.3 is 20.3 Å². The van der Waals surface area contributed by atoms with E-state index in [1.165, 1.54) is 0 Å². The van der Waals surface area contributed by atoms with Crippen LogP contribution in [0.25, 0.3) is 0 Å². The smallest absolute Gasteiger partial charge is 0.243 e. The average molecular weight is 417 g/mol. The molecule has 2 aliphatic heterocycles. The van der Waals surface area contributed by atoms with Gasteiger partial charge in [-0.25, -0.2) is 0 Å². The molecule has 30 heavy (non-hydrogen) atoms. The van der Waals surface area contributed by atoms with E-state index in [4.69, 9.17) is 4.74 Å². The minimum Gasteiger partial charge on any atom is -0.371 e. The van der Waals surface area contributed by atoms with Crippen LogP contribution in [0.5, 0.6) is 0 Å². The van der Waals surface area contributed by atoms with E-state index in [2.05, 4.69) is 20.5 Å². The minimum atomic E-state index is -0.656. The predicted octanol–water partition coefficient (Wildman–Crippen LogP) is 1.30. The summed E-state index contributed by atoms with van der Waals surface area (Å²) in [5, 5.41) is 5.72. The lowest BCUT2D eigenvalue weighted by atomic mass is 9.94. The molecule has 3 atom stereocenters. The Bertz CT molecular complexity index is 747. The molecule has 3 rings (SSSR count). The van der Waals surface area contributed by atoms with Crippen molar-refractivity contribution in [3.63, 3.8) is 0 Å². The number of piperidine rings is 1. The molecule has 2 N–H and O–H groups in total. The van der Waals surface area contributed by atoms with Crippen molar-refractivity contribution in [2.24, 2.45) is 11.8 Å². The highest BCUT2D eigenvalue weighted by Crippen LogP contribution is 2.23. The van der Waals surface area contributed by atoms with E-state index in [1.54, 1.807) is 19.3 Å². The van der Waals surface area contributed by atoms with Crippen molar-refractivity contribution in [2.75, 3.05) is 24.6 Å². The Labute approximate surface area is 177 Å². The van der Waals surface area contributed by atoms with Crippen LogP contribution in [0.4, 0.5) is 5.69 Å². The van der Waals surface area contributed by atoms with E-state index >= 15 is 0 Å². The highest BCUT2D eigenvalue weighted by atomic mass is 16.5. The van der Waals surface area contributed by atoms with Crippen molar-refractivity contribution in [1.82, 2.24) is 15.6 Å². The van der Waals surface area contributed by atoms with E-state index in [1.807, 2.05) is 26.0 Å². The van der Waals surface area contributed by atoms with Crippen LogP contribution >= 0.6 is 0 Å². The zero-order valence-electron chi connectivity index (χ0n) is 18.0. The maximum Gasteiger partial charge on any atom is 0.243 e. The molecule has 2 amide bonds. The second-order valence-corrected chi connectivity index (χ2v) is 8.63. The summed E-state index contributed by atoms with van der Waals surface area (Å²) in [5.41, 5.74) is 1.11. The Morgan fingerprint density at radius 2 is 1.90 bits per heavy atom. The first kappa shape index (κ1) is 22.2. The van der Waals surface area contributed by atoms with Crippen LogP contribution in [0.3, 0.4) is 0 Å². The number of anilines is 1. The molecule has 8 heteroatoms. The standard InChI is InChI=1S/C22H32N4O4/c1-14(2)12-18(22(29)25-20-15(3)30-13-19(20)27)24-21(28)16-6-10-26(11-7-16)17-4-8-23-9-5-17/h4-5,8-9,14-16,18,20H,6-7,10-13H2,1-3H3,(H,24,28)(H,25,29)/t15-,18+,20+/m1/s1. The van der Waals surface area contributed by atoms with Crippen LogP contribution in [-0.4, -0.2) is 60.5 Å². The maximum atomic E-state index is 12.9. The van der Waals surface area contributed by atoms with Gasteiger partial charge in [0.2, 0.25) is 11.8 Å². The summed E-state index contributed by atoms with van der Waals surface area (Å²) >= 11 is 0. The zero-order valence-corrected chi connectivity index (χ0v) is 18.0. The highest BCUT2D eigenvalue weighted by Gasteiger charge is 2.36. The van der Waals surface area contributed by atoms with Gasteiger partial charge in [0.05, 0.1) is 6.10 Å². The summed E-state index contributed by atoms with van der Waals surface area (Å²) in [7, 11) is 0. The monoisotopic (exact) mass is 416 g/mol. The maximum absolute atomic E-state index is 12.9. The van der Waals surface area contributed by atoms with E-state index in [-0.39, 0.29) is 42.1 Å². The third kappa shape index (κ3) is 5.56. The van der Waals surface area contributed by atoms with Gasteiger partial charge in [0.15, 0.2) is 5.78 Å². The summed E-state index contributed by atoms with van der Waals surface area (Å²) in [4.78, 5) is 44.0. The lowest BCUT2D eigenvalue weighted by molar-refractivity contribution is -0.133. The third-order valence-corrected chi connectivity index (χ3v) is 5.84. The summed E-state index contributed by atoms with van der Waals surface area (Å²) in [6.45, 7) is 7.37. The van der Waals surface area contributed by atoms with E-state index in [0.29, 0.717) is 6.42 Å². The first-order valence-corrected chi connectivity index (χ1v) is 10.7. The number of nitrogens with zero attached hydrogens (tertiary/aromatic N) is 2. The lowest BCUT2D eigenvalue weighted by Crippen LogP contribution is -2.54. The second kappa shape index (κ2) is 10.0. The van der Waals surface area contributed by atoms with Gasteiger partial charge in [-0.1, -0.05) is 13.8 Å². The molecule has 0 aromatic carbocycles. The number of pyridine rings is 1. The quantitative estimate of drug-likeness (QED) is 0.695. The van der Waals surface area contributed by atoms with Crippen molar-refractivity contribution in [1.29, 1.82) is 0 Å². The molecule has 1 aromatic heterocycles. The molecule has 164 valence electrons. The molecule has 3 heterocycles. The number of carbonyl (C=O) groups excluding carboxylic acids is 3. The van der Waals surface area contributed by atoms with Gasteiger partial charge in [0.25, 0.3) is 0 Å². The number of Topliss-reactive ketones (excluding diaryl/α,β-unsaturated/α-hetero) is 1. The third-order valence-electron chi connectivity index (χ3n) is 5.84. The molecule has 1 aromatic rings. The predicted molar refractivity (Wildman–Crippen MR) is 113 cm³/mol. The van der Waals surface area contributed by atoms with Crippen LogP contribution in [0, 0.1) is 11.8 Å². The molecule has 2 saturated heterocycles. The Morgan fingerprint density at radius 3 is 2.47 bits per heavy atom. The van der Waals surface area contributed by atoms with Gasteiger partial charge >= 0.3 is 0 Å². The fourth-order valence-electron chi connectivity index (χ4n) is 4.06. The number of ether oxygens (including phenoxy) is 1. The normalized spacial score (nSPS) is 23.5. The number of amides is 2. The number of ketones is 1. The van der Waals surface area contributed by atoms with Gasteiger partial charge in [-0.2, -0.15) is 0 Å². The summed E-state index contributed by atoms with van der Waals surface area (Å²) < 4.78 is 5.30. The number of carbonyl (C=O) groups is 3. The van der Waals surface area contributed by atoms with Crippen molar-refractivity contribution in [3.05, 3.63) is 24.5 Å². The fraction of sp³-hybridized carbons (Fsp3) is 0.636. The molecule has 8 nitrogen and oxygen atoms in total. The van der Waals surface area contributed by atoms with Crippen LogP contribution in [-0.2, 0) is 19.1 Å². The summed E-state index contributed by atoms with van der Waals surface area (Å²) in [5.74, 6) is -0.438. The molecule has 0 saturated carbocycles. The Kier molecular flexibility index (Phi) is 7.42. The molecule has 2 fully saturated rings. The molecular formula is C22H32N4O4. The minimum absolute atomic E-state index is 0.0172. The average Bonchev–Trinajstić information content (AvgIpc) is 3.05. The molecule has 0 unspecified atom stereocenters. The number of nitrogens with one attached hydrogen (secondary N) is 2. The van der Waals surface area contributed by atoms with E-state index < -0.39 is 12.1 Å². The van der Waals surface area contributed by atoms with Gasteiger partial charge in [-0.3, -0.25) is 19.4 Å². The summed E-state index contributed by atoms with van der Waals surface area (Å²) in [6.07, 6.45) is 5.17. The van der Waals surface area contributed by atoms with Gasteiger partial charge in [-0.15, -0.1) is 0 Å². The van der Waals surface area contributed by atoms with Crippen LogP contribution in [0.1, 0.15) is 40.0 Å². The van der Waals surface area contributed by atoms with Gasteiger partial charge in [-0.05, 0) is 44.2 Å². The van der Waals surface area contributed by atoms with Gasteiger partial charge in [0, 0.05) is 37.1 Å². The number of rotatable bonds is 7. The van der Waals surface area contributed by atoms with E-state index in [0.717, 1.165) is 31.6 Å². The Morgan fingerprint density at radius 1 is 1.23 bits per heavy atom. The Hall–Kier alpha value is -2.48. The largest absolute Gasteiger partial charge is 0.371 e. The number of aromatic nitrogens is 1. The number of hydrogen-bond donors (Lipinski definition) is 2.